The predicted octanol–water partition coefficient (Wildman–Crippen LogP) is -0.883. The van der Waals surface area contributed by atoms with E-state index in [0.29, 0.717) is 13.1 Å². The summed E-state index contributed by atoms with van der Waals surface area (Å²) in [6.45, 7) is 3.88. The van der Waals surface area contributed by atoms with Crippen molar-refractivity contribution in [2.75, 3.05) is 19.6 Å². The average Bonchev–Trinajstić information content (AvgIpc) is 2.06. The summed E-state index contributed by atoms with van der Waals surface area (Å²) in [5, 5.41) is 5.79. The van der Waals surface area contributed by atoms with Crippen molar-refractivity contribution < 1.29 is 9.59 Å². The van der Waals surface area contributed by atoms with E-state index in [4.69, 9.17) is 0 Å². The van der Waals surface area contributed by atoms with Crippen LogP contribution in [-0.2, 0) is 9.59 Å². The Labute approximate surface area is 95.0 Å². The second kappa shape index (κ2) is 4.81. The lowest BCUT2D eigenvalue weighted by atomic mass is 10.0. The number of nitrogens with one attached hydrogen (secondary N) is 2. The number of rotatable bonds is 1. The summed E-state index contributed by atoms with van der Waals surface area (Å²) in [7, 11) is 0. The molecule has 2 saturated heterocycles. The number of carbonyl (C=O) groups is 2. The van der Waals surface area contributed by atoms with E-state index in [1.807, 2.05) is 0 Å². The van der Waals surface area contributed by atoms with Crippen molar-refractivity contribution in [2.45, 2.75) is 25.4 Å². The zero-order valence-corrected chi connectivity index (χ0v) is 9.47. The number of amides is 2. The van der Waals surface area contributed by atoms with Crippen LogP contribution in [0.25, 0.3) is 0 Å². The van der Waals surface area contributed by atoms with Crippen molar-refractivity contribution in [3.63, 3.8) is 0 Å². The third kappa shape index (κ3) is 2.23. The first-order valence-corrected chi connectivity index (χ1v) is 5.02. The molecule has 2 aliphatic heterocycles. The van der Waals surface area contributed by atoms with E-state index in [1.54, 1.807) is 11.8 Å². The summed E-state index contributed by atoms with van der Waals surface area (Å²) in [4.78, 5) is 24.8. The molecule has 2 N–H and O–H groups in total. The maximum absolute atomic E-state index is 11.8. The summed E-state index contributed by atoms with van der Waals surface area (Å²) in [5.41, 5.74) is 0. The number of carbonyl (C=O) groups excluding carboxylic acids is 2. The molecule has 0 aromatic rings. The van der Waals surface area contributed by atoms with Crippen LogP contribution in [0.4, 0.5) is 0 Å². The standard InChI is InChI=1S/C9H15N3O2.ClH/c1-6-8(13)11-4-5-12(6)9(14)7-2-3-10-7;/h6-7,10H,2-5H2,1H3,(H,11,13);1H/t6?,7-;/m1./s1. The van der Waals surface area contributed by atoms with Gasteiger partial charge in [-0.1, -0.05) is 0 Å². The van der Waals surface area contributed by atoms with Gasteiger partial charge >= 0.3 is 0 Å². The largest absolute Gasteiger partial charge is 0.353 e. The van der Waals surface area contributed by atoms with Gasteiger partial charge in [0, 0.05) is 13.1 Å². The zero-order valence-electron chi connectivity index (χ0n) is 8.66. The Kier molecular flexibility index (Phi) is 3.93. The fraction of sp³-hybridized carbons (Fsp3) is 0.778. The molecule has 0 aromatic carbocycles. The van der Waals surface area contributed by atoms with Gasteiger partial charge in [-0.2, -0.15) is 0 Å². The Morgan fingerprint density at radius 3 is 2.67 bits per heavy atom. The monoisotopic (exact) mass is 233 g/mol. The number of piperazine rings is 1. The predicted molar refractivity (Wildman–Crippen MR) is 57.8 cm³/mol. The Bertz CT molecular complexity index is 268. The molecule has 0 saturated carbocycles. The van der Waals surface area contributed by atoms with Gasteiger partial charge in [0.15, 0.2) is 0 Å². The molecule has 2 rings (SSSR count). The van der Waals surface area contributed by atoms with E-state index in [-0.39, 0.29) is 36.3 Å². The van der Waals surface area contributed by atoms with Gasteiger partial charge in [0.25, 0.3) is 0 Å². The van der Waals surface area contributed by atoms with E-state index >= 15 is 0 Å². The molecule has 1 unspecified atom stereocenters. The average molecular weight is 234 g/mol. The lowest BCUT2D eigenvalue weighted by Gasteiger charge is -2.38. The van der Waals surface area contributed by atoms with Crippen molar-refractivity contribution >= 4 is 24.2 Å². The van der Waals surface area contributed by atoms with Crippen LogP contribution in [-0.4, -0.2) is 48.4 Å². The van der Waals surface area contributed by atoms with E-state index in [0.717, 1.165) is 13.0 Å². The van der Waals surface area contributed by atoms with Gasteiger partial charge in [-0.25, -0.2) is 0 Å². The van der Waals surface area contributed by atoms with Crippen LogP contribution < -0.4 is 10.6 Å². The lowest BCUT2D eigenvalue weighted by molar-refractivity contribution is -0.145. The molecule has 2 atom stereocenters. The third-order valence-corrected chi connectivity index (χ3v) is 2.90. The normalized spacial score (nSPS) is 29.9. The van der Waals surface area contributed by atoms with Crippen molar-refractivity contribution in [2.24, 2.45) is 0 Å². The third-order valence-electron chi connectivity index (χ3n) is 2.90. The quantitative estimate of drug-likeness (QED) is 0.618. The number of hydrogen-bond donors (Lipinski definition) is 2. The summed E-state index contributed by atoms with van der Waals surface area (Å²) in [6, 6.07) is -0.373. The minimum absolute atomic E-state index is 0. The van der Waals surface area contributed by atoms with E-state index in [9.17, 15) is 9.59 Å². The molecule has 86 valence electrons. The van der Waals surface area contributed by atoms with Crippen LogP contribution in [0.5, 0.6) is 0 Å². The zero-order chi connectivity index (χ0) is 10.1. The molecular weight excluding hydrogens is 218 g/mol. The Balaban J connectivity index is 0.00000112. The molecule has 2 fully saturated rings. The van der Waals surface area contributed by atoms with Crippen molar-refractivity contribution in [3.8, 4) is 0 Å². The van der Waals surface area contributed by atoms with Crippen molar-refractivity contribution in [3.05, 3.63) is 0 Å². The maximum atomic E-state index is 11.8. The fourth-order valence-electron chi connectivity index (χ4n) is 1.78. The molecular formula is C9H16ClN3O2. The number of hydrogen-bond acceptors (Lipinski definition) is 3. The fourth-order valence-corrected chi connectivity index (χ4v) is 1.78. The smallest absolute Gasteiger partial charge is 0.242 e. The van der Waals surface area contributed by atoms with Gasteiger partial charge < -0.3 is 15.5 Å². The van der Waals surface area contributed by atoms with Gasteiger partial charge in [-0.05, 0) is 19.9 Å². The highest BCUT2D eigenvalue weighted by molar-refractivity contribution is 5.91. The Hall–Kier alpha value is -0.810. The second-order valence-corrected chi connectivity index (χ2v) is 3.79. The first-order chi connectivity index (χ1) is 6.70. The van der Waals surface area contributed by atoms with Gasteiger partial charge in [-0.15, -0.1) is 12.4 Å². The van der Waals surface area contributed by atoms with Crippen LogP contribution in [0, 0.1) is 0 Å². The van der Waals surface area contributed by atoms with Gasteiger partial charge in [0.05, 0.1) is 6.04 Å². The van der Waals surface area contributed by atoms with Crippen LogP contribution in [0.15, 0.2) is 0 Å². The SMILES string of the molecule is CC1C(=O)NCCN1C(=O)[C@H]1CCN1.Cl. The van der Waals surface area contributed by atoms with Crippen molar-refractivity contribution in [1.29, 1.82) is 0 Å². The molecule has 15 heavy (non-hydrogen) atoms. The topological polar surface area (TPSA) is 61.4 Å². The van der Waals surface area contributed by atoms with E-state index in [2.05, 4.69) is 10.6 Å². The molecule has 0 aromatic heterocycles. The van der Waals surface area contributed by atoms with Gasteiger partial charge in [0.1, 0.15) is 6.04 Å². The number of nitrogens with zero attached hydrogens (tertiary/aromatic N) is 1. The maximum Gasteiger partial charge on any atom is 0.242 e. The van der Waals surface area contributed by atoms with Crippen LogP contribution in [0.1, 0.15) is 13.3 Å². The number of halogens is 1. The lowest BCUT2D eigenvalue weighted by Crippen LogP contribution is -2.62. The molecule has 0 bridgehead atoms. The minimum atomic E-state index is -0.321. The molecule has 6 heteroatoms. The minimum Gasteiger partial charge on any atom is -0.353 e. The summed E-state index contributed by atoms with van der Waals surface area (Å²) >= 11 is 0. The highest BCUT2D eigenvalue weighted by Crippen LogP contribution is 2.11. The molecule has 0 aliphatic carbocycles. The molecule has 0 radical (unpaired) electrons. The molecule has 2 aliphatic rings. The highest BCUT2D eigenvalue weighted by atomic mass is 35.5. The van der Waals surface area contributed by atoms with Crippen molar-refractivity contribution in [1.82, 2.24) is 15.5 Å². The first-order valence-electron chi connectivity index (χ1n) is 5.02. The van der Waals surface area contributed by atoms with Crippen LogP contribution >= 0.6 is 12.4 Å². The molecule has 5 nitrogen and oxygen atoms in total. The molecule has 2 amide bonds. The summed E-state index contributed by atoms with van der Waals surface area (Å²) in [5.74, 6) is 0.0162. The van der Waals surface area contributed by atoms with Crippen LogP contribution in [0.2, 0.25) is 0 Å². The van der Waals surface area contributed by atoms with Gasteiger partial charge in [-0.3, -0.25) is 9.59 Å². The Morgan fingerprint density at radius 2 is 2.13 bits per heavy atom. The summed E-state index contributed by atoms with van der Waals surface area (Å²) in [6.07, 6.45) is 0.893. The Morgan fingerprint density at radius 1 is 1.47 bits per heavy atom. The van der Waals surface area contributed by atoms with E-state index < -0.39 is 0 Å². The van der Waals surface area contributed by atoms with E-state index in [1.165, 1.54) is 0 Å². The van der Waals surface area contributed by atoms with Crippen LogP contribution in [0.3, 0.4) is 0 Å². The second-order valence-electron chi connectivity index (χ2n) is 3.79. The first kappa shape index (κ1) is 12.3. The molecule has 0 spiro atoms. The molecule has 2 heterocycles. The summed E-state index contributed by atoms with van der Waals surface area (Å²) < 4.78 is 0. The highest BCUT2D eigenvalue weighted by Gasteiger charge is 2.35. The van der Waals surface area contributed by atoms with Gasteiger partial charge in [0.2, 0.25) is 11.8 Å².